The zero-order valence-corrected chi connectivity index (χ0v) is 13.4. The Morgan fingerprint density at radius 3 is 2.64 bits per heavy atom. The van der Waals surface area contributed by atoms with Crippen LogP contribution in [0.1, 0.15) is 12.5 Å². The number of hydrogen-bond acceptors (Lipinski definition) is 3. The van der Waals surface area contributed by atoms with E-state index in [1.165, 1.54) is 0 Å². The molecule has 0 amide bonds. The van der Waals surface area contributed by atoms with E-state index in [2.05, 4.69) is 11.9 Å². The summed E-state index contributed by atoms with van der Waals surface area (Å²) in [5, 5.41) is 3.89. The fraction of sp³-hybridized carbons (Fsp3) is 0.222. The maximum Gasteiger partial charge on any atom is 0.180 e. The first-order valence-electron chi connectivity index (χ1n) is 7.22. The van der Waals surface area contributed by atoms with E-state index in [9.17, 15) is 0 Å². The zero-order chi connectivity index (χ0) is 15.8. The lowest BCUT2D eigenvalue weighted by atomic mass is 10.2. The molecule has 4 heteroatoms. The molecule has 0 saturated carbocycles. The van der Waals surface area contributed by atoms with Crippen LogP contribution in [0.5, 0.6) is 11.5 Å². The van der Waals surface area contributed by atoms with Crippen LogP contribution in [0.3, 0.4) is 0 Å². The van der Waals surface area contributed by atoms with Crippen molar-refractivity contribution in [1.29, 1.82) is 0 Å². The molecule has 1 N–H and O–H groups in total. The molecule has 0 aliphatic heterocycles. The molecule has 0 radical (unpaired) electrons. The summed E-state index contributed by atoms with van der Waals surface area (Å²) in [4.78, 5) is 0. The average Bonchev–Trinajstić information content (AvgIpc) is 2.53. The predicted molar refractivity (Wildman–Crippen MR) is 92.1 cm³/mol. The Kier molecular flexibility index (Phi) is 6.16. The van der Waals surface area contributed by atoms with Gasteiger partial charge in [-0.2, -0.15) is 0 Å². The third kappa shape index (κ3) is 4.43. The van der Waals surface area contributed by atoms with Gasteiger partial charge in [-0.1, -0.05) is 42.5 Å². The highest BCUT2D eigenvalue weighted by Crippen LogP contribution is 2.36. The second-order valence-electron chi connectivity index (χ2n) is 4.66. The van der Waals surface area contributed by atoms with Crippen molar-refractivity contribution in [3.8, 4) is 11.5 Å². The first-order chi connectivity index (χ1) is 10.7. The SMILES string of the molecule is C=CCOc1c(Cl)cc(CNc2ccccc2)cc1OCC. The van der Waals surface area contributed by atoms with E-state index < -0.39 is 0 Å². The second-order valence-corrected chi connectivity index (χ2v) is 5.06. The van der Waals surface area contributed by atoms with Gasteiger partial charge >= 0.3 is 0 Å². The summed E-state index contributed by atoms with van der Waals surface area (Å²) in [5.74, 6) is 1.22. The number of benzene rings is 2. The minimum atomic E-state index is 0.390. The number of ether oxygens (including phenoxy) is 2. The molecular formula is C18H20ClNO2. The van der Waals surface area contributed by atoms with Gasteiger partial charge < -0.3 is 14.8 Å². The molecule has 2 rings (SSSR count). The van der Waals surface area contributed by atoms with Crippen molar-refractivity contribution in [1.82, 2.24) is 0 Å². The Bertz CT molecular complexity index is 614. The summed E-state index contributed by atoms with van der Waals surface area (Å²) < 4.78 is 11.2. The summed E-state index contributed by atoms with van der Waals surface area (Å²) in [5.41, 5.74) is 2.09. The van der Waals surface area contributed by atoms with E-state index in [4.69, 9.17) is 21.1 Å². The van der Waals surface area contributed by atoms with Crippen molar-refractivity contribution >= 4 is 17.3 Å². The molecular weight excluding hydrogens is 298 g/mol. The topological polar surface area (TPSA) is 30.5 Å². The highest BCUT2D eigenvalue weighted by atomic mass is 35.5. The first-order valence-corrected chi connectivity index (χ1v) is 7.60. The summed E-state index contributed by atoms with van der Waals surface area (Å²) in [7, 11) is 0. The number of rotatable bonds is 8. The molecule has 0 heterocycles. The summed E-state index contributed by atoms with van der Waals surface area (Å²) >= 11 is 6.32. The van der Waals surface area contributed by atoms with Crippen LogP contribution in [0.4, 0.5) is 5.69 Å². The van der Waals surface area contributed by atoms with Gasteiger partial charge in [-0.15, -0.1) is 0 Å². The summed E-state index contributed by atoms with van der Waals surface area (Å²) in [6.45, 7) is 7.17. The van der Waals surface area contributed by atoms with Gasteiger partial charge in [-0.3, -0.25) is 0 Å². The van der Waals surface area contributed by atoms with Gasteiger partial charge in [0.05, 0.1) is 11.6 Å². The third-order valence-corrected chi connectivity index (χ3v) is 3.27. The Hall–Kier alpha value is -2.13. The standard InChI is InChI=1S/C18H20ClNO2/c1-3-10-22-18-16(19)11-14(12-17(18)21-4-2)13-20-15-8-6-5-7-9-15/h3,5-9,11-12,20H,1,4,10,13H2,2H3. The molecule has 116 valence electrons. The van der Waals surface area contributed by atoms with Gasteiger partial charge in [0, 0.05) is 12.2 Å². The largest absolute Gasteiger partial charge is 0.490 e. The number of hydrogen-bond donors (Lipinski definition) is 1. The normalized spacial score (nSPS) is 10.1. The predicted octanol–water partition coefficient (Wildman–Crippen LogP) is 4.92. The lowest BCUT2D eigenvalue weighted by Crippen LogP contribution is -2.03. The molecule has 0 aromatic heterocycles. The minimum Gasteiger partial charge on any atom is -0.490 e. The number of anilines is 1. The van der Waals surface area contributed by atoms with E-state index in [1.54, 1.807) is 6.08 Å². The van der Waals surface area contributed by atoms with Crippen molar-refractivity contribution in [2.45, 2.75) is 13.5 Å². The van der Waals surface area contributed by atoms with E-state index in [0.29, 0.717) is 36.3 Å². The van der Waals surface area contributed by atoms with Gasteiger partial charge in [-0.05, 0) is 36.8 Å². The molecule has 2 aromatic rings. The second kappa shape index (κ2) is 8.35. The molecule has 0 spiro atoms. The molecule has 22 heavy (non-hydrogen) atoms. The van der Waals surface area contributed by atoms with Crippen LogP contribution < -0.4 is 14.8 Å². The van der Waals surface area contributed by atoms with E-state index >= 15 is 0 Å². The lowest BCUT2D eigenvalue weighted by Gasteiger charge is -2.15. The monoisotopic (exact) mass is 317 g/mol. The summed E-state index contributed by atoms with van der Waals surface area (Å²) in [6.07, 6.45) is 1.68. The van der Waals surface area contributed by atoms with Crippen molar-refractivity contribution in [2.24, 2.45) is 0 Å². The molecule has 0 aliphatic rings. The van der Waals surface area contributed by atoms with Crippen LogP contribution >= 0.6 is 11.6 Å². The highest BCUT2D eigenvalue weighted by Gasteiger charge is 2.12. The Balaban J connectivity index is 2.16. The maximum atomic E-state index is 6.32. The smallest absolute Gasteiger partial charge is 0.180 e. The minimum absolute atomic E-state index is 0.390. The van der Waals surface area contributed by atoms with Crippen molar-refractivity contribution in [2.75, 3.05) is 18.5 Å². The number of halogens is 1. The molecule has 0 saturated heterocycles. The van der Waals surface area contributed by atoms with E-state index in [0.717, 1.165) is 11.3 Å². The zero-order valence-electron chi connectivity index (χ0n) is 12.6. The van der Waals surface area contributed by atoms with Crippen molar-refractivity contribution in [3.05, 3.63) is 65.7 Å². The van der Waals surface area contributed by atoms with Crippen LogP contribution in [0.15, 0.2) is 55.1 Å². The molecule has 0 unspecified atom stereocenters. The molecule has 0 atom stereocenters. The Morgan fingerprint density at radius 2 is 1.95 bits per heavy atom. The van der Waals surface area contributed by atoms with E-state index in [1.807, 2.05) is 49.4 Å². The maximum absolute atomic E-state index is 6.32. The first kappa shape index (κ1) is 16.2. The Labute approximate surface area is 136 Å². The Morgan fingerprint density at radius 1 is 1.18 bits per heavy atom. The van der Waals surface area contributed by atoms with Crippen molar-refractivity contribution < 1.29 is 9.47 Å². The third-order valence-electron chi connectivity index (χ3n) is 2.99. The van der Waals surface area contributed by atoms with Crippen LogP contribution in [0.25, 0.3) is 0 Å². The number of nitrogens with one attached hydrogen (secondary N) is 1. The molecule has 2 aromatic carbocycles. The fourth-order valence-corrected chi connectivity index (χ4v) is 2.32. The fourth-order valence-electron chi connectivity index (χ4n) is 2.03. The average molecular weight is 318 g/mol. The number of para-hydroxylation sites is 1. The van der Waals surface area contributed by atoms with Gasteiger partial charge in [0.1, 0.15) is 6.61 Å². The lowest BCUT2D eigenvalue weighted by molar-refractivity contribution is 0.297. The van der Waals surface area contributed by atoms with Gasteiger partial charge in [0.15, 0.2) is 11.5 Å². The van der Waals surface area contributed by atoms with E-state index in [-0.39, 0.29) is 0 Å². The molecule has 0 fully saturated rings. The van der Waals surface area contributed by atoms with Gasteiger partial charge in [-0.25, -0.2) is 0 Å². The molecule has 3 nitrogen and oxygen atoms in total. The quantitative estimate of drug-likeness (QED) is 0.701. The molecule has 0 bridgehead atoms. The van der Waals surface area contributed by atoms with Crippen LogP contribution in [-0.2, 0) is 6.54 Å². The van der Waals surface area contributed by atoms with Gasteiger partial charge in [0.2, 0.25) is 0 Å². The van der Waals surface area contributed by atoms with Gasteiger partial charge in [0.25, 0.3) is 0 Å². The van der Waals surface area contributed by atoms with Crippen LogP contribution in [0.2, 0.25) is 5.02 Å². The van der Waals surface area contributed by atoms with Crippen LogP contribution in [-0.4, -0.2) is 13.2 Å². The van der Waals surface area contributed by atoms with Crippen molar-refractivity contribution in [3.63, 3.8) is 0 Å². The summed E-state index contributed by atoms with van der Waals surface area (Å²) in [6, 6.07) is 13.8. The molecule has 0 aliphatic carbocycles. The highest BCUT2D eigenvalue weighted by molar-refractivity contribution is 6.32. The van der Waals surface area contributed by atoms with Crippen LogP contribution in [0, 0.1) is 0 Å².